The molecule has 1 fully saturated rings. The normalized spacial score (nSPS) is 16.9. The predicted molar refractivity (Wildman–Crippen MR) is 145 cm³/mol. The lowest BCUT2D eigenvalue weighted by Crippen LogP contribution is -2.52. The van der Waals surface area contributed by atoms with Gasteiger partial charge in [-0.3, -0.25) is 14.5 Å². The van der Waals surface area contributed by atoms with Crippen molar-refractivity contribution in [2.24, 2.45) is 5.92 Å². The zero-order valence-electron chi connectivity index (χ0n) is 22.0. The smallest absolute Gasteiger partial charge is 0.329 e. The summed E-state index contributed by atoms with van der Waals surface area (Å²) in [5, 5.41) is 2.81. The van der Waals surface area contributed by atoms with Gasteiger partial charge in [-0.1, -0.05) is 74.5 Å². The van der Waals surface area contributed by atoms with E-state index in [9.17, 15) is 14.4 Å². The summed E-state index contributed by atoms with van der Waals surface area (Å²) in [4.78, 5) is 41.3. The second-order valence-corrected chi connectivity index (χ2v) is 9.51. The number of anilines is 1. The number of nitrogens with one attached hydrogen (secondary N) is 1. The molecule has 1 heterocycles. The van der Waals surface area contributed by atoms with Crippen molar-refractivity contribution in [3.05, 3.63) is 107 Å². The van der Waals surface area contributed by atoms with Crippen LogP contribution in [0.15, 0.2) is 96.1 Å². The lowest BCUT2D eigenvalue weighted by molar-refractivity contribution is -0.150. The van der Waals surface area contributed by atoms with Gasteiger partial charge in [0, 0.05) is 11.3 Å². The Morgan fingerprint density at radius 3 is 2.11 bits per heavy atom. The Hall–Kier alpha value is -4.39. The van der Waals surface area contributed by atoms with Gasteiger partial charge < -0.3 is 14.8 Å². The van der Waals surface area contributed by atoms with Crippen molar-refractivity contribution in [1.29, 1.82) is 0 Å². The van der Waals surface area contributed by atoms with Crippen LogP contribution in [0.2, 0.25) is 0 Å². The molecule has 2 atom stereocenters. The van der Waals surface area contributed by atoms with Gasteiger partial charge in [-0.25, -0.2) is 4.79 Å². The van der Waals surface area contributed by atoms with Gasteiger partial charge >= 0.3 is 5.97 Å². The number of methoxy groups -OCH3 is 1. The monoisotopic (exact) mass is 512 g/mol. The third kappa shape index (κ3) is 5.62. The SMILES string of the molecule is COc1ccc(N2C(=O)/C(=C(\C)C(=O)N[C@H](C(=O)OCc3ccccc3)C(C)C)C2c2ccccc2)cc1. The third-order valence-corrected chi connectivity index (χ3v) is 6.62. The molecular formula is C31H32N2O5. The number of esters is 1. The van der Waals surface area contributed by atoms with Crippen LogP contribution in [0.4, 0.5) is 5.69 Å². The van der Waals surface area contributed by atoms with E-state index in [2.05, 4.69) is 5.32 Å². The summed E-state index contributed by atoms with van der Waals surface area (Å²) in [6, 6.07) is 24.8. The van der Waals surface area contributed by atoms with Crippen molar-refractivity contribution in [3.8, 4) is 5.75 Å². The topological polar surface area (TPSA) is 84.9 Å². The maximum atomic E-state index is 13.4. The second-order valence-electron chi connectivity index (χ2n) is 9.51. The number of rotatable bonds is 9. The van der Waals surface area contributed by atoms with E-state index in [0.29, 0.717) is 17.0 Å². The fourth-order valence-corrected chi connectivity index (χ4v) is 4.44. The molecule has 1 unspecified atom stereocenters. The van der Waals surface area contributed by atoms with E-state index in [4.69, 9.17) is 9.47 Å². The lowest BCUT2D eigenvalue weighted by Gasteiger charge is -2.44. The Kier molecular flexibility index (Phi) is 8.26. The fourth-order valence-electron chi connectivity index (χ4n) is 4.44. The first-order valence-electron chi connectivity index (χ1n) is 12.6. The number of amides is 2. The van der Waals surface area contributed by atoms with Crippen molar-refractivity contribution in [1.82, 2.24) is 5.32 Å². The molecular weight excluding hydrogens is 480 g/mol. The Labute approximate surface area is 223 Å². The van der Waals surface area contributed by atoms with Crippen molar-refractivity contribution >= 4 is 23.5 Å². The minimum atomic E-state index is -0.857. The molecule has 0 aliphatic carbocycles. The molecule has 0 radical (unpaired) electrons. The standard InChI is InChI=1S/C31H32N2O5/c1-20(2)27(31(36)38-19-22-11-7-5-8-12-22)32-29(34)21(3)26-28(23-13-9-6-10-14-23)33(30(26)35)24-15-17-25(37-4)18-16-24/h5-18,20,27-28H,19H2,1-4H3,(H,32,34)/b26-21+/t27-,28?/m0/s1. The van der Waals surface area contributed by atoms with E-state index >= 15 is 0 Å². The summed E-state index contributed by atoms with van der Waals surface area (Å²) in [7, 11) is 1.58. The van der Waals surface area contributed by atoms with Gasteiger partial charge in [-0.2, -0.15) is 0 Å². The molecule has 4 rings (SSSR count). The number of ether oxygens (including phenoxy) is 2. The van der Waals surface area contributed by atoms with Gasteiger partial charge in [0.2, 0.25) is 5.91 Å². The Balaban J connectivity index is 1.57. The van der Waals surface area contributed by atoms with Crippen molar-refractivity contribution in [3.63, 3.8) is 0 Å². The molecule has 0 spiro atoms. The van der Waals surface area contributed by atoms with Crippen LogP contribution in [-0.4, -0.2) is 30.9 Å². The molecule has 7 nitrogen and oxygen atoms in total. The van der Waals surface area contributed by atoms with Gasteiger partial charge in [0.1, 0.15) is 18.4 Å². The van der Waals surface area contributed by atoms with Crippen LogP contribution in [0, 0.1) is 5.92 Å². The maximum Gasteiger partial charge on any atom is 0.329 e. The van der Waals surface area contributed by atoms with Crippen LogP contribution in [0.25, 0.3) is 0 Å². The molecule has 1 N–H and O–H groups in total. The van der Waals surface area contributed by atoms with Crippen LogP contribution in [0.1, 0.15) is 37.9 Å². The van der Waals surface area contributed by atoms with Crippen molar-refractivity contribution in [2.75, 3.05) is 12.0 Å². The number of nitrogens with zero attached hydrogens (tertiary/aromatic N) is 1. The fraction of sp³-hybridized carbons (Fsp3) is 0.258. The third-order valence-electron chi connectivity index (χ3n) is 6.62. The van der Waals surface area contributed by atoms with Crippen LogP contribution in [-0.2, 0) is 25.7 Å². The average molecular weight is 513 g/mol. The number of benzene rings is 3. The highest BCUT2D eigenvalue weighted by Gasteiger charge is 2.46. The van der Waals surface area contributed by atoms with Crippen LogP contribution < -0.4 is 15.0 Å². The summed E-state index contributed by atoms with van der Waals surface area (Å²) in [6.45, 7) is 5.41. The summed E-state index contributed by atoms with van der Waals surface area (Å²) >= 11 is 0. The first-order valence-corrected chi connectivity index (χ1v) is 12.6. The zero-order valence-corrected chi connectivity index (χ0v) is 22.0. The molecule has 196 valence electrons. The highest BCUT2D eigenvalue weighted by atomic mass is 16.5. The van der Waals surface area contributed by atoms with E-state index < -0.39 is 24.0 Å². The summed E-state index contributed by atoms with van der Waals surface area (Å²) in [5.74, 6) is -0.779. The predicted octanol–water partition coefficient (Wildman–Crippen LogP) is 4.98. The first-order chi connectivity index (χ1) is 18.3. The van der Waals surface area contributed by atoms with Gasteiger partial charge in [0.05, 0.1) is 18.7 Å². The molecule has 0 bridgehead atoms. The summed E-state index contributed by atoms with van der Waals surface area (Å²) in [6.07, 6.45) is 0. The minimum Gasteiger partial charge on any atom is -0.497 e. The lowest BCUT2D eigenvalue weighted by atomic mass is 9.84. The number of hydrogen-bond donors (Lipinski definition) is 1. The van der Waals surface area contributed by atoms with Gasteiger partial charge in [0.15, 0.2) is 0 Å². The quantitative estimate of drug-likeness (QED) is 0.248. The molecule has 1 saturated heterocycles. The molecule has 0 aromatic heterocycles. The molecule has 1 aliphatic rings. The summed E-state index contributed by atoms with van der Waals surface area (Å²) < 4.78 is 10.7. The van der Waals surface area contributed by atoms with E-state index in [1.165, 1.54) is 0 Å². The molecule has 38 heavy (non-hydrogen) atoms. The minimum absolute atomic E-state index is 0.115. The highest BCUT2D eigenvalue weighted by molar-refractivity contribution is 6.19. The Morgan fingerprint density at radius 1 is 0.921 bits per heavy atom. The Bertz CT molecular complexity index is 1320. The average Bonchev–Trinajstić information content (AvgIpc) is 2.94. The van der Waals surface area contributed by atoms with Crippen molar-refractivity contribution in [2.45, 2.75) is 39.5 Å². The van der Waals surface area contributed by atoms with Crippen LogP contribution >= 0.6 is 0 Å². The van der Waals surface area contributed by atoms with E-state index in [0.717, 1.165) is 11.1 Å². The molecule has 2 amide bonds. The maximum absolute atomic E-state index is 13.4. The highest BCUT2D eigenvalue weighted by Crippen LogP contribution is 2.44. The van der Waals surface area contributed by atoms with E-state index in [1.54, 1.807) is 31.1 Å². The molecule has 1 aliphatic heterocycles. The molecule has 3 aromatic rings. The molecule has 3 aromatic carbocycles. The molecule has 0 saturated carbocycles. The second kappa shape index (κ2) is 11.8. The zero-order chi connectivity index (χ0) is 27.2. The number of hydrogen-bond acceptors (Lipinski definition) is 5. The number of carbonyl (C=O) groups is 3. The van der Waals surface area contributed by atoms with Gasteiger partial charge in [-0.05, 0) is 48.2 Å². The van der Waals surface area contributed by atoms with Gasteiger partial charge in [0.25, 0.3) is 5.91 Å². The summed E-state index contributed by atoms with van der Waals surface area (Å²) in [5.41, 5.74) is 3.11. The van der Waals surface area contributed by atoms with E-state index in [-0.39, 0.29) is 24.0 Å². The van der Waals surface area contributed by atoms with Crippen molar-refractivity contribution < 1.29 is 23.9 Å². The van der Waals surface area contributed by atoms with Crippen LogP contribution in [0.5, 0.6) is 5.75 Å². The number of carbonyl (C=O) groups excluding carboxylic acids is 3. The van der Waals surface area contributed by atoms with Crippen LogP contribution in [0.3, 0.4) is 0 Å². The number of β-lactam (4-membered cyclic amide) rings is 1. The Morgan fingerprint density at radius 2 is 1.53 bits per heavy atom. The van der Waals surface area contributed by atoms with E-state index in [1.807, 2.05) is 86.6 Å². The van der Waals surface area contributed by atoms with Gasteiger partial charge in [-0.15, -0.1) is 0 Å². The molecule has 7 heteroatoms. The first kappa shape index (κ1) is 26.7. The largest absolute Gasteiger partial charge is 0.497 e.